The Morgan fingerprint density at radius 2 is 1.53 bits per heavy atom. The van der Waals surface area contributed by atoms with Gasteiger partial charge >= 0.3 is 8.56 Å². The topological polar surface area (TPSA) is 44.5 Å². The summed E-state index contributed by atoms with van der Waals surface area (Å²) in [6, 6.07) is 1.01. The Kier molecular flexibility index (Phi) is 10.1. The van der Waals surface area contributed by atoms with Crippen LogP contribution in [0.2, 0.25) is 12.6 Å². The minimum atomic E-state index is -1.99. The normalized spacial score (nSPS) is 13.9. The standard InChI is InChI=1S/C13H31NO2Si/c1-5-7-9-15-17(4,12-13(3)11-14)16-10-8-6-2/h13H,5-12,14H2,1-4H3. The molecular formula is C13H31NO2Si. The van der Waals surface area contributed by atoms with Crippen molar-refractivity contribution >= 4 is 8.56 Å². The molecule has 0 aliphatic heterocycles. The molecule has 17 heavy (non-hydrogen) atoms. The summed E-state index contributed by atoms with van der Waals surface area (Å²) >= 11 is 0. The van der Waals surface area contributed by atoms with E-state index in [1.165, 1.54) is 12.8 Å². The van der Waals surface area contributed by atoms with Crippen molar-refractivity contribution in [2.45, 2.75) is 59.0 Å². The number of nitrogens with two attached hydrogens (primary N) is 1. The molecule has 0 saturated carbocycles. The van der Waals surface area contributed by atoms with E-state index in [1.54, 1.807) is 0 Å². The third-order valence-electron chi connectivity index (χ3n) is 2.93. The van der Waals surface area contributed by atoms with E-state index < -0.39 is 8.56 Å². The van der Waals surface area contributed by atoms with Crippen LogP contribution in [0, 0.1) is 5.92 Å². The van der Waals surface area contributed by atoms with Crippen molar-refractivity contribution in [3.05, 3.63) is 0 Å². The monoisotopic (exact) mass is 261 g/mol. The predicted octanol–water partition coefficient (Wildman–Crippen LogP) is 3.29. The lowest BCUT2D eigenvalue weighted by Crippen LogP contribution is -2.42. The van der Waals surface area contributed by atoms with Crippen LogP contribution in [0.4, 0.5) is 0 Å². The molecule has 0 radical (unpaired) electrons. The molecule has 0 aliphatic carbocycles. The summed E-state index contributed by atoms with van der Waals surface area (Å²) in [5, 5.41) is 0. The lowest BCUT2D eigenvalue weighted by atomic mass is 10.2. The first kappa shape index (κ1) is 17.1. The van der Waals surface area contributed by atoms with Gasteiger partial charge in [-0.25, -0.2) is 0 Å². The highest BCUT2D eigenvalue weighted by Gasteiger charge is 2.32. The first-order valence-electron chi connectivity index (χ1n) is 7.06. The third-order valence-corrected chi connectivity index (χ3v) is 6.00. The zero-order valence-electron chi connectivity index (χ0n) is 12.1. The van der Waals surface area contributed by atoms with Crippen molar-refractivity contribution in [2.75, 3.05) is 19.8 Å². The van der Waals surface area contributed by atoms with Gasteiger partial charge in [0.2, 0.25) is 0 Å². The zero-order valence-corrected chi connectivity index (χ0v) is 13.1. The highest BCUT2D eigenvalue weighted by Crippen LogP contribution is 2.20. The van der Waals surface area contributed by atoms with Crippen molar-refractivity contribution in [1.29, 1.82) is 0 Å². The first-order valence-corrected chi connectivity index (χ1v) is 9.58. The van der Waals surface area contributed by atoms with Gasteiger partial charge in [-0.05, 0) is 37.9 Å². The van der Waals surface area contributed by atoms with Crippen LogP contribution in [0.1, 0.15) is 46.5 Å². The van der Waals surface area contributed by atoms with E-state index in [2.05, 4.69) is 27.3 Å². The van der Waals surface area contributed by atoms with Gasteiger partial charge in [-0.15, -0.1) is 0 Å². The van der Waals surface area contributed by atoms with E-state index >= 15 is 0 Å². The Morgan fingerprint density at radius 3 is 1.88 bits per heavy atom. The van der Waals surface area contributed by atoms with Crippen LogP contribution >= 0.6 is 0 Å². The van der Waals surface area contributed by atoms with Gasteiger partial charge in [0, 0.05) is 13.2 Å². The Bertz CT molecular complexity index is 169. The summed E-state index contributed by atoms with van der Waals surface area (Å²) in [5.74, 6) is 0.495. The Hall–Kier alpha value is 0.0969. The number of hydrogen-bond acceptors (Lipinski definition) is 3. The van der Waals surface area contributed by atoms with Crippen molar-refractivity contribution in [2.24, 2.45) is 11.7 Å². The average Bonchev–Trinajstić information content (AvgIpc) is 2.29. The van der Waals surface area contributed by atoms with Gasteiger partial charge in [0.05, 0.1) is 0 Å². The van der Waals surface area contributed by atoms with Crippen LogP contribution in [0.5, 0.6) is 0 Å². The van der Waals surface area contributed by atoms with E-state index in [-0.39, 0.29) is 0 Å². The molecule has 0 amide bonds. The highest BCUT2D eigenvalue weighted by atomic mass is 28.4. The quantitative estimate of drug-likeness (QED) is 0.458. The molecule has 0 fully saturated rings. The molecule has 0 aromatic carbocycles. The molecule has 3 nitrogen and oxygen atoms in total. The van der Waals surface area contributed by atoms with Crippen molar-refractivity contribution < 1.29 is 8.85 Å². The van der Waals surface area contributed by atoms with Gasteiger partial charge in [0.15, 0.2) is 0 Å². The third kappa shape index (κ3) is 8.77. The van der Waals surface area contributed by atoms with Crippen molar-refractivity contribution in [3.8, 4) is 0 Å². The Morgan fingerprint density at radius 1 is 1.06 bits per heavy atom. The summed E-state index contributed by atoms with van der Waals surface area (Å²) in [7, 11) is -1.99. The van der Waals surface area contributed by atoms with Crippen molar-refractivity contribution in [1.82, 2.24) is 0 Å². The van der Waals surface area contributed by atoms with Gasteiger partial charge in [-0.1, -0.05) is 33.6 Å². The molecule has 1 unspecified atom stereocenters. The molecule has 2 N–H and O–H groups in total. The molecule has 0 bridgehead atoms. The van der Waals surface area contributed by atoms with Gasteiger partial charge in [-0.3, -0.25) is 0 Å². The van der Waals surface area contributed by atoms with E-state index in [0.717, 1.165) is 38.6 Å². The number of unbranched alkanes of at least 4 members (excludes halogenated alkanes) is 2. The van der Waals surface area contributed by atoms with E-state index in [1.807, 2.05) is 0 Å². The summed E-state index contributed by atoms with van der Waals surface area (Å²) < 4.78 is 12.1. The van der Waals surface area contributed by atoms with E-state index in [0.29, 0.717) is 5.92 Å². The SMILES string of the molecule is CCCCO[Si](C)(CC(C)CN)OCCCC. The fraction of sp³-hybridized carbons (Fsp3) is 1.00. The fourth-order valence-corrected chi connectivity index (χ4v) is 4.64. The van der Waals surface area contributed by atoms with Crippen LogP contribution in [0.15, 0.2) is 0 Å². The van der Waals surface area contributed by atoms with E-state index in [9.17, 15) is 0 Å². The lowest BCUT2D eigenvalue weighted by Gasteiger charge is -2.29. The smallest absolute Gasteiger partial charge is 0.335 e. The summed E-state index contributed by atoms with van der Waals surface area (Å²) in [6.07, 6.45) is 4.59. The maximum atomic E-state index is 6.05. The maximum absolute atomic E-state index is 6.05. The Labute approximate surface area is 108 Å². The molecule has 0 aromatic rings. The highest BCUT2D eigenvalue weighted by molar-refractivity contribution is 6.66. The second kappa shape index (κ2) is 10.1. The second-order valence-corrected chi connectivity index (χ2v) is 8.34. The molecule has 0 spiro atoms. The first-order chi connectivity index (χ1) is 8.08. The molecule has 0 heterocycles. The largest absolute Gasteiger partial charge is 0.394 e. The minimum absolute atomic E-state index is 0.495. The Balaban J connectivity index is 4.13. The van der Waals surface area contributed by atoms with Gasteiger partial charge < -0.3 is 14.6 Å². The van der Waals surface area contributed by atoms with Crippen molar-refractivity contribution in [3.63, 3.8) is 0 Å². The van der Waals surface area contributed by atoms with Gasteiger partial charge in [0.25, 0.3) is 0 Å². The number of rotatable bonds is 11. The van der Waals surface area contributed by atoms with Crippen LogP contribution in [-0.2, 0) is 8.85 Å². The number of hydrogen-bond donors (Lipinski definition) is 1. The maximum Gasteiger partial charge on any atom is 0.335 e. The zero-order chi connectivity index (χ0) is 13.1. The molecule has 0 saturated heterocycles. The van der Waals surface area contributed by atoms with Crippen LogP contribution in [0.3, 0.4) is 0 Å². The lowest BCUT2D eigenvalue weighted by molar-refractivity contribution is 0.165. The molecule has 0 rings (SSSR count). The average molecular weight is 261 g/mol. The molecule has 104 valence electrons. The molecule has 0 aliphatic rings. The molecule has 0 aromatic heterocycles. The summed E-state index contributed by atoms with van der Waals surface area (Å²) in [6.45, 7) is 11.1. The fourth-order valence-electron chi connectivity index (χ4n) is 1.74. The molecule has 1 atom stereocenters. The second-order valence-electron chi connectivity index (χ2n) is 5.08. The van der Waals surface area contributed by atoms with Gasteiger partial charge in [0.1, 0.15) is 0 Å². The molecule has 4 heteroatoms. The summed E-state index contributed by atoms with van der Waals surface area (Å²) in [5.41, 5.74) is 5.70. The predicted molar refractivity (Wildman–Crippen MR) is 76.4 cm³/mol. The van der Waals surface area contributed by atoms with E-state index in [4.69, 9.17) is 14.6 Å². The summed E-state index contributed by atoms with van der Waals surface area (Å²) in [4.78, 5) is 0. The van der Waals surface area contributed by atoms with Crippen LogP contribution in [0.25, 0.3) is 0 Å². The van der Waals surface area contributed by atoms with Crippen LogP contribution in [-0.4, -0.2) is 28.3 Å². The minimum Gasteiger partial charge on any atom is -0.394 e. The molecular weight excluding hydrogens is 230 g/mol. The van der Waals surface area contributed by atoms with Crippen LogP contribution < -0.4 is 5.73 Å². The van der Waals surface area contributed by atoms with Gasteiger partial charge in [-0.2, -0.15) is 0 Å².